The zero-order chi connectivity index (χ0) is 21.1. The Hall–Kier alpha value is -2.05. The molecule has 0 saturated heterocycles. The lowest BCUT2D eigenvalue weighted by Gasteiger charge is -2.27. The van der Waals surface area contributed by atoms with Crippen molar-refractivity contribution in [3.8, 4) is 0 Å². The molecule has 0 amide bonds. The van der Waals surface area contributed by atoms with Crippen molar-refractivity contribution in [2.24, 2.45) is 17.7 Å². The molecule has 5 N–H and O–H groups in total. The number of halogens is 1. The number of Topliss-reactive ketones (excluding diaryl/α,β-unsaturated/α-hetero) is 3. The monoisotopic (exact) mass is 465 g/mol. The Morgan fingerprint density at radius 3 is 2.07 bits per heavy atom. The van der Waals surface area contributed by atoms with Crippen LogP contribution in [0.5, 0.6) is 0 Å². The predicted octanol–water partition coefficient (Wildman–Crippen LogP) is 0.104. The van der Waals surface area contributed by atoms with Gasteiger partial charge in [-0.25, -0.2) is 8.42 Å². The minimum Gasteiger partial charge on any atom is -0.412 e. The van der Waals surface area contributed by atoms with Gasteiger partial charge in [-0.3, -0.25) is 24.5 Å². The van der Waals surface area contributed by atoms with Crippen molar-refractivity contribution in [3.63, 3.8) is 0 Å². The van der Waals surface area contributed by atoms with E-state index < -0.39 is 33.3 Å². The highest BCUT2D eigenvalue weighted by atomic mass is 35.5. The number of rotatable bonds is 4. The molecule has 2 aliphatic rings. The quantitative estimate of drug-likeness (QED) is 0.358. The van der Waals surface area contributed by atoms with E-state index in [1.54, 1.807) is 31.4 Å². The van der Waals surface area contributed by atoms with E-state index in [1.165, 1.54) is 11.4 Å². The van der Waals surface area contributed by atoms with Gasteiger partial charge in [-0.15, -0.1) is 12.4 Å². The Morgan fingerprint density at radius 2 is 1.60 bits per heavy atom. The first kappa shape index (κ1) is 27.9. The van der Waals surface area contributed by atoms with Crippen LogP contribution in [0.2, 0.25) is 0 Å². The van der Waals surface area contributed by atoms with Gasteiger partial charge in [-0.2, -0.15) is 0 Å². The minimum absolute atomic E-state index is 0. The Labute approximate surface area is 181 Å². The second-order valence-corrected chi connectivity index (χ2v) is 8.88. The van der Waals surface area contributed by atoms with Crippen LogP contribution in [-0.2, 0) is 29.1 Å². The lowest BCUT2D eigenvalue weighted by molar-refractivity contribution is -0.141. The smallest absolute Gasteiger partial charge is 0.264 e. The van der Waals surface area contributed by atoms with E-state index in [4.69, 9.17) is 10.6 Å². The van der Waals surface area contributed by atoms with Crippen LogP contribution in [0.3, 0.4) is 0 Å². The fourth-order valence-electron chi connectivity index (χ4n) is 3.37. The lowest BCUT2D eigenvalue weighted by atomic mass is 9.79. The number of nitrogen functional groups attached to an aromatic ring is 1. The number of hydrogen-bond acceptors (Lipinski definition) is 8. The van der Waals surface area contributed by atoms with E-state index in [1.807, 2.05) is 0 Å². The van der Waals surface area contributed by atoms with Crippen molar-refractivity contribution in [3.05, 3.63) is 24.3 Å². The molecule has 0 bridgehead atoms. The van der Waals surface area contributed by atoms with Gasteiger partial charge in [0.05, 0.1) is 18.0 Å². The summed E-state index contributed by atoms with van der Waals surface area (Å²) in [5.74, 6) is 2.67. The Balaban J connectivity index is 0.000000526. The van der Waals surface area contributed by atoms with E-state index in [0.29, 0.717) is 18.5 Å². The summed E-state index contributed by atoms with van der Waals surface area (Å²) in [5.41, 5.74) is 3.80. The van der Waals surface area contributed by atoms with Crippen LogP contribution in [0.4, 0.5) is 11.4 Å². The Kier molecular flexibility index (Phi) is 10.6. The number of hydrazine groups is 1. The second-order valence-electron chi connectivity index (χ2n) is 6.86. The first-order valence-electron chi connectivity index (χ1n) is 8.76. The number of ketones is 3. The number of methoxy groups -OCH3 is 1. The van der Waals surface area contributed by atoms with Gasteiger partial charge >= 0.3 is 0 Å². The zero-order valence-corrected chi connectivity index (χ0v) is 18.6. The van der Waals surface area contributed by atoms with Crippen molar-refractivity contribution in [2.75, 3.05) is 30.1 Å². The van der Waals surface area contributed by atoms with Gasteiger partial charge in [0.25, 0.3) is 5.78 Å². The summed E-state index contributed by atoms with van der Waals surface area (Å²) in [5, 5.41) is 0. The maximum Gasteiger partial charge on any atom is 0.264 e. The van der Waals surface area contributed by atoms with Gasteiger partial charge in [-0.05, 0) is 43.5 Å². The molecule has 2 saturated carbocycles. The van der Waals surface area contributed by atoms with Gasteiger partial charge in [-0.1, -0.05) is 0 Å². The molecule has 1 aromatic carbocycles. The molecule has 3 rings (SSSR count). The summed E-state index contributed by atoms with van der Waals surface area (Å²) < 4.78 is 28.7. The molecule has 10 nitrogen and oxygen atoms in total. The maximum absolute atomic E-state index is 11.4. The molecule has 0 aliphatic heterocycles. The summed E-state index contributed by atoms with van der Waals surface area (Å²) >= 11 is 0. The first-order chi connectivity index (χ1) is 13.1. The number of ether oxygens (including phenoxy) is 1. The summed E-state index contributed by atoms with van der Waals surface area (Å²) in [6.07, 6.45) is 3.09. The number of nitrogens with zero attached hydrogens (tertiary/aromatic N) is 1. The number of nitrogens with two attached hydrogens (primary N) is 1. The summed E-state index contributed by atoms with van der Waals surface area (Å²) in [6.45, 7) is 0. The van der Waals surface area contributed by atoms with Crippen LogP contribution in [-0.4, -0.2) is 57.8 Å². The number of hydrogen-bond donors (Lipinski definition) is 2. The number of carbonyl (C=O) groups excluding carboxylic acids is 3. The van der Waals surface area contributed by atoms with Crippen molar-refractivity contribution in [2.45, 2.75) is 25.4 Å². The van der Waals surface area contributed by atoms with Crippen molar-refractivity contribution in [1.29, 1.82) is 0 Å². The summed E-state index contributed by atoms with van der Waals surface area (Å²) in [7, 11) is -0.102. The number of nitrogens with one attached hydrogen (secondary N) is 1. The molecule has 0 heterocycles. The van der Waals surface area contributed by atoms with Crippen molar-refractivity contribution < 1.29 is 33.0 Å². The van der Waals surface area contributed by atoms with Crippen LogP contribution >= 0.6 is 12.4 Å². The average molecular weight is 466 g/mol. The van der Waals surface area contributed by atoms with Gasteiger partial charge in [0.15, 0.2) is 0 Å². The van der Waals surface area contributed by atoms with Gasteiger partial charge in [0.1, 0.15) is 0 Å². The molecular formula is C18H28ClN3O7S. The highest BCUT2D eigenvalue weighted by molar-refractivity contribution is 7.92. The third kappa shape index (κ3) is 6.22. The van der Waals surface area contributed by atoms with Crippen molar-refractivity contribution in [1.82, 2.24) is 0 Å². The topological polar surface area (TPSA) is 167 Å². The largest absolute Gasteiger partial charge is 0.412 e. The number of carbonyl (C=O) groups is 3. The fourth-order valence-corrected chi connectivity index (χ4v) is 3.87. The average Bonchev–Trinajstić information content (AvgIpc) is 2.91. The SMILES string of the molecule is CN(c1ccc(NN)cc1)S(C)(=O)=O.COC1CCC2C(=O)C(=O)C(=O)C2C1.Cl.O. The highest BCUT2D eigenvalue weighted by Gasteiger charge is 2.50. The molecule has 3 atom stereocenters. The Bertz CT molecular complexity index is 861. The molecule has 0 radical (unpaired) electrons. The van der Waals surface area contributed by atoms with Crippen LogP contribution in [0.25, 0.3) is 0 Å². The van der Waals surface area contributed by atoms with Crippen LogP contribution in [0.15, 0.2) is 24.3 Å². The zero-order valence-electron chi connectivity index (χ0n) is 17.0. The molecule has 12 heteroatoms. The van der Waals surface area contributed by atoms with Crippen LogP contribution in [0.1, 0.15) is 19.3 Å². The molecule has 2 fully saturated rings. The molecule has 0 spiro atoms. The normalized spacial score (nSPS) is 22.7. The third-order valence-corrected chi connectivity index (χ3v) is 6.36. The number of fused-ring (bicyclic) bond motifs is 1. The molecule has 3 unspecified atom stereocenters. The molecule has 1 aromatic rings. The second kappa shape index (κ2) is 11.4. The first-order valence-corrected chi connectivity index (χ1v) is 10.6. The van der Waals surface area contributed by atoms with Crippen LogP contribution < -0.4 is 15.6 Å². The Morgan fingerprint density at radius 1 is 1.07 bits per heavy atom. The van der Waals surface area contributed by atoms with E-state index in [2.05, 4.69) is 5.43 Å². The molecule has 30 heavy (non-hydrogen) atoms. The highest BCUT2D eigenvalue weighted by Crippen LogP contribution is 2.37. The maximum atomic E-state index is 11.4. The number of sulfonamides is 1. The van der Waals surface area contributed by atoms with Gasteiger partial charge < -0.3 is 15.6 Å². The van der Waals surface area contributed by atoms with E-state index in [-0.39, 0.29) is 29.9 Å². The summed E-state index contributed by atoms with van der Waals surface area (Å²) in [6, 6.07) is 6.76. The molecule has 2 aliphatic carbocycles. The third-order valence-electron chi connectivity index (χ3n) is 5.15. The number of anilines is 2. The van der Waals surface area contributed by atoms with E-state index in [9.17, 15) is 22.8 Å². The molecule has 0 aromatic heterocycles. The molecule has 170 valence electrons. The minimum atomic E-state index is -3.19. The molecular weight excluding hydrogens is 438 g/mol. The fraction of sp³-hybridized carbons (Fsp3) is 0.500. The van der Waals surface area contributed by atoms with Gasteiger partial charge in [0, 0.05) is 31.7 Å². The number of benzene rings is 1. The van der Waals surface area contributed by atoms with E-state index >= 15 is 0 Å². The summed E-state index contributed by atoms with van der Waals surface area (Å²) in [4.78, 5) is 33.8. The van der Waals surface area contributed by atoms with E-state index in [0.717, 1.165) is 18.4 Å². The van der Waals surface area contributed by atoms with Gasteiger partial charge in [0.2, 0.25) is 21.6 Å². The van der Waals surface area contributed by atoms with Crippen LogP contribution in [0, 0.1) is 11.8 Å². The standard InChI is InChI=1S/C10H12O4.C8H13N3O2S.ClH.H2O/c1-14-5-2-3-6-7(4-5)9(12)10(13)8(6)11;1-11(14(2,12)13)8-5-3-7(10-9)4-6-8;;/h5-7H,2-4H2,1H3;3-6,10H,9H2,1-2H3;1H;1H2. The lowest BCUT2D eigenvalue weighted by Crippen LogP contribution is -2.30. The van der Waals surface area contributed by atoms with Crippen molar-refractivity contribution >= 4 is 51.2 Å². The predicted molar refractivity (Wildman–Crippen MR) is 115 cm³/mol.